The fraction of sp³-hybridized carbons (Fsp3) is 0.353. The van der Waals surface area contributed by atoms with Crippen molar-refractivity contribution in [1.29, 1.82) is 0 Å². The summed E-state index contributed by atoms with van der Waals surface area (Å²) >= 11 is 0. The Morgan fingerprint density at radius 3 is 2.52 bits per heavy atom. The third-order valence-corrected chi connectivity index (χ3v) is 3.59. The van der Waals surface area contributed by atoms with E-state index in [1.165, 1.54) is 24.3 Å². The van der Waals surface area contributed by atoms with Crippen molar-refractivity contribution >= 4 is 6.03 Å². The summed E-state index contributed by atoms with van der Waals surface area (Å²) < 4.78 is 18.4. The molecule has 2 amide bonds. The fourth-order valence-corrected chi connectivity index (χ4v) is 2.17. The van der Waals surface area contributed by atoms with Crippen molar-refractivity contribution in [2.45, 2.75) is 32.4 Å². The van der Waals surface area contributed by atoms with Crippen molar-refractivity contribution in [3.63, 3.8) is 0 Å². The van der Waals surface area contributed by atoms with Gasteiger partial charge < -0.3 is 20.2 Å². The molecular weight excluding hydrogens is 299 g/mol. The van der Waals surface area contributed by atoms with Crippen LogP contribution in [0.25, 0.3) is 0 Å². The van der Waals surface area contributed by atoms with E-state index >= 15 is 0 Å². The van der Waals surface area contributed by atoms with Crippen LogP contribution in [-0.4, -0.2) is 17.7 Å². The third kappa shape index (κ3) is 4.56. The molecular formula is C17H21FN2O3. The molecule has 0 aliphatic rings. The summed E-state index contributed by atoms with van der Waals surface area (Å²) in [5.74, 6) is 1.05. The van der Waals surface area contributed by atoms with E-state index in [0.717, 1.165) is 5.76 Å². The van der Waals surface area contributed by atoms with Crippen molar-refractivity contribution < 1.29 is 18.7 Å². The number of halogens is 1. The summed E-state index contributed by atoms with van der Waals surface area (Å²) in [7, 11) is 0. The highest BCUT2D eigenvalue weighted by Gasteiger charge is 2.24. The van der Waals surface area contributed by atoms with Crippen LogP contribution in [0.5, 0.6) is 0 Å². The molecule has 0 aliphatic heterocycles. The van der Waals surface area contributed by atoms with Gasteiger partial charge in [0.25, 0.3) is 0 Å². The minimum absolute atomic E-state index is 0.00559. The molecule has 0 saturated heterocycles. The molecule has 0 bridgehead atoms. The summed E-state index contributed by atoms with van der Waals surface area (Å²) in [4.78, 5) is 11.9. The summed E-state index contributed by atoms with van der Waals surface area (Å²) in [6.07, 6.45) is 0. The lowest BCUT2D eigenvalue weighted by Crippen LogP contribution is -2.44. The fourth-order valence-electron chi connectivity index (χ4n) is 2.17. The molecule has 5 nitrogen and oxygen atoms in total. The summed E-state index contributed by atoms with van der Waals surface area (Å²) in [6.45, 7) is 5.18. The van der Waals surface area contributed by atoms with E-state index in [4.69, 9.17) is 4.42 Å². The number of furan rings is 1. The van der Waals surface area contributed by atoms with Gasteiger partial charge in [0.1, 0.15) is 22.9 Å². The molecule has 6 heteroatoms. The summed E-state index contributed by atoms with van der Waals surface area (Å²) in [5.41, 5.74) is -0.774. The van der Waals surface area contributed by atoms with E-state index in [2.05, 4.69) is 10.6 Å². The van der Waals surface area contributed by atoms with E-state index in [-0.39, 0.29) is 18.4 Å². The van der Waals surface area contributed by atoms with E-state index in [1.807, 2.05) is 13.0 Å². The van der Waals surface area contributed by atoms with Crippen molar-refractivity contribution in [3.05, 3.63) is 59.3 Å². The van der Waals surface area contributed by atoms with Gasteiger partial charge in [0.2, 0.25) is 0 Å². The van der Waals surface area contributed by atoms with Gasteiger partial charge in [0, 0.05) is 0 Å². The maximum atomic E-state index is 12.9. The molecule has 1 aromatic heterocycles. The number of aryl methyl sites for hydroxylation is 1. The SMILES string of the molecule is Cc1ccc(C(C)NC(=O)NCC(C)(O)c2ccc(F)cc2)o1. The third-order valence-electron chi connectivity index (χ3n) is 3.59. The first-order valence-electron chi connectivity index (χ1n) is 7.37. The smallest absolute Gasteiger partial charge is 0.315 e. The number of amides is 2. The first kappa shape index (κ1) is 17.0. The standard InChI is InChI=1S/C17H21FN2O3/c1-11-4-9-15(23-11)12(2)20-16(21)19-10-17(3,22)13-5-7-14(18)8-6-13/h4-9,12,22H,10H2,1-3H3,(H2,19,20,21). The minimum Gasteiger partial charge on any atom is -0.464 e. The number of nitrogens with one attached hydrogen (secondary N) is 2. The quantitative estimate of drug-likeness (QED) is 0.793. The normalized spacial score (nSPS) is 14.8. The molecule has 0 saturated carbocycles. The van der Waals surface area contributed by atoms with Gasteiger partial charge in [-0.2, -0.15) is 0 Å². The second-order valence-electron chi connectivity index (χ2n) is 5.78. The molecule has 1 heterocycles. The van der Waals surface area contributed by atoms with Gasteiger partial charge in [0.15, 0.2) is 0 Å². The maximum Gasteiger partial charge on any atom is 0.315 e. The molecule has 1 aromatic carbocycles. The summed E-state index contributed by atoms with van der Waals surface area (Å²) in [5, 5.41) is 15.7. The van der Waals surface area contributed by atoms with Gasteiger partial charge in [-0.3, -0.25) is 0 Å². The predicted molar refractivity (Wildman–Crippen MR) is 84.4 cm³/mol. The molecule has 2 unspecified atom stereocenters. The molecule has 0 aliphatic carbocycles. The number of carbonyl (C=O) groups excluding carboxylic acids is 1. The highest BCUT2D eigenvalue weighted by atomic mass is 19.1. The monoisotopic (exact) mass is 320 g/mol. The van der Waals surface area contributed by atoms with E-state index in [0.29, 0.717) is 11.3 Å². The lowest BCUT2D eigenvalue weighted by molar-refractivity contribution is 0.0592. The number of carbonyl (C=O) groups is 1. The Morgan fingerprint density at radius 2 is 1.96 bits per heavy atom. The van der Waals surface area contributed by atoms with Gasteiger partial charge in [-0.1, -0.05) is 12.1 Å². The number of urea groups is 1. The molecule has 124 valence electrons. The van der Waals surface area contributed by atoms with Crippen molar-refractivity contribution in [2.75, 3.05) is 6.54 Å². The molecule has 0 radical (unpaired) electrons. The van der Waals surface area contributed by atoms with Crippen LogP contribution in [0.1, 0.15) is 37.0 Å². The van der Waals surface area contributed by atoms with Gasteiger partial charge in [-0.25, -0.2) is 9.18 Å². The van der Waals surface area contributed by atoms with Crippen molar-refractivity contribution in [1.82, 2.24) is 10.6 Å². The van der Waals surface area contributed by atoms with Gasteiger partial charge in [-0.15, -0.1) is 0 Å². The zero-order valence-electron chi connectivity index (χ0n) is 13.4. The molecule has 2 atom stereocenters. The Balaban J connectivity index is 1.89. The molecule has 0 fully saturated rings. The van der Waals surface area contributed by atoms with Crippen LogP contribution in [-0.2, 0) is 5.60 Å². The van der Waals surface area contributed by atoms with E-state index < -0.39 is 11.6 Å². The van der Waals surface area contributed by atoms with Crippen LogP contribution in [0.2, 0.25) is 0 Å². The van der Waals surface area contributed by atoms with Crippen LogP contribution in [0.15, 0.2) is 40.8 Å². The predicted octanol–water partition coefficient (Wildman–Crippen LogP) is 3.00. The lowest BCUT2D eigenvalue weighted by Gasteiger charge is -2.24. The van der Waals surface area contributed by atoms with E-state index in [1.54, 1.807) is 19.9 Å². The van der Waals surface area contributed by atoms with E-state index in [9.17, 15) is 14.3 Å². The molecule has 0 spiro atoms. The summed E-state index contributed by atoms with van der Waals surface area (Å²) in [6, 6.07) is 8.43. The first-order chi connectivity index (χ1) is 10.8. The van der Waals surface area contributed by atoms with Crippen LogP contribution in [0.4, 0.5) is 9.18 Å². The Morgan fingerprint density at radius 1 is 1.30 bits per heavy atom. The topological polar surface area (TPSA) is 74.5 Å². The number of hydrogen-bond donors (Lipinski definition) is 3. The van der Waals surface area contributed by atoms with Gasteiger partial charge >= 0.3 is 6.03 Å². The second kappa shape index (κ2) is 6.83. The lowest BCUT2D eigenvalue weighted by atomic mass is 9.96. The van der Waals surface area contributed by atoms with Crippen LogP contribution in [0.3, 0.4) is 0 Å². The van der Waals surface area contributed by atoms with Gasteiger partial charge in [-0.05, 0) is 50.6 Å². The number of aliphatic hydroxyl groups is 1. The number of hydrogen-bond acceptors (Lipinski definition) is 3. The average molecular weight is 320 g/mol. The maximum absolute atomic E-state index is 12.9. The van der Waals surface area contributed by atoms with Crippen molar-refractivity contribution in [2.24, 2.45) is 0 Å². The van der Waals surface area contributed by atoms with Crippen LogP contribution in [0, 0.1) is 12.7 Å². The number of benzene rings is 1. The second-order valence-corrected chi connectivity index (χ2v) is 5.78. The van der Waals surface area contributed by atoms with Crippen LogP contribution < -0.4 is 10.6 Å². The number of rotatable bonds is 5. The molecule has 2 rings (SSSR count). The molecule has 23 heavy (non-hydrogen) atoms. The Labute approximate surface area is 134 Å². The zero-order valence-corrected chi connectivity index (χ0v) is 13.4. The highest BCUT2D eigenvalue weighted by molar-refractivity contribution is 5.74. The minimum atomic E-state index is -1.30. The Hall–Kier alpha value is -2.34. The average Bonchev–Trinajstić information content (AvgIpc) is 2.92. The highest BCUT2D eigenvalue weighted by Crippen LogP contribution is 2.20. The van der Waals surface area contributed by atoms with Gasteiger partial charge in [0.05, 0.1) is 12.6 Å². The molecule has 3 N–H and O–H groups in total. The zero-order chi connectivity index (χ0) is 17.0. The van der Waals surface area contributed by atoms with Crippen molar-refractivity contribution in [3.8, 4) is 0 Å². The largest absolute Gasteiger partial charge is 0.464 e. The Kier molecular flexibility index (Phi) is 5.05. The van der Waals surface area contributed by atoms with Crippen LogP contribution >= 0.6 is 0 Å². The molecule has 2 aromatic rings. The Bertz CT molecular complexity index is 665. The first-order valence-corrected chi connectivity index (χ1v) is 7.37.